The molecule has 1 amide bonds. The molecule has 3 atom stereocenters. The minimum Gasteiger partial charge on any atom is -0.394 e. The third-order valence-electron chi connectivity index (χ3n) is 6.82. The van der Waals surface area contributed by atoms with E-state index in [0.717, 1.165) is 51.4 Å². The molecule has 0 heterocycles. The van der Waals surface area contributed by atoms with E-state index in [1.807, 2.05) is 6.08 Å². The highest BCUT2D eigenvalue weighted by molar-refractivity contribution is 5.76. The van der Waals surface area contributed by atoms with E-state index in [4.69, 9.17) is 0 Å². The lowest BCUT2D eigenvalue weighted by Gasteiger charge is -2.20. The molecule has 0 aromatic heterocycles. The summed E-state index contributed by atoms with van der Waals surface area (Å²) in [5, 5.41) is 32.7. The Morgan fingerprint density at radius 3 is 1.72 bits per heavy atom. The standard InChI is InChI=1S/C34H61NO4/c1-3-5-7-9-11-13-14-15-16-17-18-19-20-22-24-26-28-33(38)32(30-36)35-34(39)29-31(37)27-25-23-21-12-10-8-6-4-2/h10,12,15-16,19-20,26,28,31-33,36-38H,3-9,11,13-14,17-18,21-25,27,29-30H2,1-2H3,(H,35,39)/b12-10-,16-15+,20-19+,28-26+. The first-order valence-electron chi connectivity index (χ1n) is 15.9. The van der Waals surface area contributed by atoms with E-state index in [-0.39, 0.29) is 18.9 Å². The Morgan fingerprint density at radius 2 is 1.13 bits per heavy atom. The van der Waals surface area contributed by atoms with Gasteiger partial charge in [-0.2, -0.15) is 0 Å². The number of rotatable bonds is 27. The van der Waals surface area contributed by atoms with Crippen molar-refractivity contribution >= 4 is 5.91 Å². The summed E-state index contributed by atoms with van der Waals surface area (Å²) in [6, 6.07) is -0.770. The highest BCUT2D eigenvalue weighted by Crippen LogP contribution is 2.10. The number of aliphatic hydroxyl groups excluding tert-OH is 3. The average molecular weight is 548 g/mol. The van der Waals surface area contributed by atoms with Crippen molar-refractivity contribution in [2.45, 2.75) is 154 Å². The molecule has 0 saturated carbocycles. The largest absolute Gasteiger partial charge is 0.394 e. The number of aliphatic hydroxyl groups is 3. The SMILES string of the molecule is CCCC/C=C\CCCCC(O)CC(=O)NC(CO)C(O)/C=C/CC/C=C/CC/C=C/CCCCCCCC. The first-order valence-corrected chi connectivity index (χ1v) is 15.9. The summed E-state index contributed by atoms with van der Waals surface area (Å²) in [6.07, 6.45) is 35.2. The lowest BCUT2D eigenvalue weighted by Crippen LogP contribution is -2.45. The van der Waals surface area contributed by atoms with E-state index in [1.165, 1.54) is 57.8 Å². The van der Waals surface area contributed by atoms with Crippen LogP contribution in [0.25, 0.3) is 0 Å². The number of hydrogen-bond donors (Lipinski definition) is 4. The zero-order valence-electron chi connectivity index (χ0n) is 25.2. The van der Waals surface area contributed by atoms with Gasteiger partial charge >= 0.3 is 0 Å². The molecular weight excluding hydrogens is 486 g/mol. The molecule has 3 unspecified atom stereocenters. The Balaban J connectivity index is 3.92. The summed E-state index contributed by atoms with van der Waals surface area (Å²) in [7, 11) is 0. The van der Waals surface area contributed by atoms with Crippen molar-refractivity contribution in [3.63, 3.8) is 0 Å². The van der Waals surface area contributed by atoms with Crippen molar-refractivity contribution in [1.29, 1.82) is 0 Å². The van der Waals surface area contributed by atoms with Crippen LogP contribution in [0.15, 0.2) is 48.6 Å². The summed E-state index contributed by atoms with van der Waals surface area (Å²) >= 11 is 0. The van der Waals surface area contributed by atoms with Gasteiger partial charge in [-0.05, 0) is 64.2 Å². The quantitative estimate of drug-likeness (QED) is 0.0622. The Hall–Kier alpha value is -1.69. The van der Waals surface area contributed by atoms with Crippen LogP contribution in [-0.2, 0) is 4.79 Å². The molecule has 0 fully saturated rings. The molecule has 0 rings (SSSR count). The third kappa shape index (κ3) is 26.3. The molecule has 0 bridgehead atoms. The summed E-state index contributed by atoms with van der Waals surface area (Å²) in [6.45, 7) is 4.08. The lowest BCUT2D eigenvalue weighted by molar-refractivity contribution is -0.124. The van der Waals surface area contributed by atoms with Crippen LogP contribution < -0.4 is 5.32 Å². The second kappa shape index (κ2) is 29.3. The molecule has 5 nitrogen and oxygen atoms in total. The van der Waals surface area contributed by atoms with Crippen molar-refractivity contribution in [3.8, 4) is 0 Å². The molecule has 0 aromatic carbocycles. The second-order valence-electron chi connectivity index (χ2n) is 10.7. The average Bonchev–Trinajstić information content (AvgIpc) is 2.92. The first-order chi connectivity index (χ1) is 19.0. The Kier molecular flexibility index (Phi) is 28.0. The molecule has 0 radical (unpaired) electrons. The Bertz CT molecular complexity index is 656. The smallest absolute Gasteiger partial charge is 0.222 e. The number of carbonyl (C=O) groups is 1. The Morgan fingerprint density at radius 1 is 0.641 bits per heavy atom. The molecule has 5 heteroatoms. The third-order valence-corrected chi connectivity index (χ3v) is 6.82. The maximum atomic E-state index is 12.2. The van der Waals surface area contributed by atoms with Gasteiger partial charge in [0.1, 0.15) is 0 Å². The number of unbranched alkanes of at least 4 members (excludes halogenated alkanes) is 12. The van der Waals surface area contributed by atoms with Gasteiger partial charge in [0.05, 0.1) is 31.3 Å². The minimum atomic E-state index is -0.962. The van der Waals surface area contributed by atoms with Gasteiger partial charge in [0.25, 0.3) is 0 Å². The zero-order valence-corrected chi connectivity index (χ0v) is 25.2. The number of nitrogens with one attached hydrogen (secondary N) is 1. The van der Waals surface area contributed by atoms with Gasteiger partial charge in [-0.25, -0.2) is 0 Å². The Labute approximate surface area is 240 Å². The van der Waals surface area contributed by atoms with Crippen LogP contribution >= 0.6 is 0 Å². The van der Waals surface area contributed by atoms with E-state index in [9.17, 15) is 20.1 Å². The monoisotopic (exact) mass is 547 g/mol. The fraction of sp³-hybridized carbons (Fsp3) is 0.735. The summed E-state index contributed by atoms with van der Waals surface area (Å²) in [4.78, 5) is 12.2. The van der Waals surface area contributed by atoms with Crippen LogP contribution in [-0.4, -0.2) is 46.1 Å². The second-order valence-corrected chi connectivity index (χ2v) is 10.7. The lowest BCUT2D eigenvalue weighted by atomic mass is 10.1. The van der Waals surface area contributed by atoms with Crippen molar-refractivity contribution in [1.82, 2.24) is 5.32 Å². The van der Waals surface area contributed by atoms with Crippen molar-refractivity contribution < 1.29 is 20.1 Å². The van der Waals surface area contributed by atoms with Crippen LogP contribution in [0.1, 0.15) is 136 Å². The predicted molar refractivity (Wildman–Crippen MR) is 167 cm³/mol. The highest BCUT2D eigenvalue weighted by atomic mass is 16.3. The summed E-state index contributed by atoms with van der Waals surface area (Å²) in [5.41, 5.74) is 0. The van der Waals surface area contributed by atoms with E-state index < -0.39 is 18.2 Å². The predicted octanol–water partition coefficient (Wildman–Crippen LogP) is 7.86. The first kappa shape index (κ1) is 37.3. The van der Waals surface area contributed by atoms with Crippen molar-refractivity contribution in [2.24, 2.45) is 0 Å². The zero-order chi connectivity index (χ0) is 28.8. The van der Waals surface area contributed by atoms with Gasteiger partial charge in [0, 0.05) is 0 Å². The number of amides is 1. The minimum absolute atomic E-state index is 0.0156. The van der Waals surface area contributed by atoms with E-state index in [2.05, 4.69) is 55.6 Å². The van der Waals surface area contributed by atoms with Crippen LogP contribution in [0, 0.1) is 0 Å². The maximum Gasteiger partial charge on any atom is 0.222 e. The van der Waals surface area contributed by atoms with Crippen LogP contribution in [0.4, 0.5) is 0 Å². The van der Waals surface area contributed by atoms with Crippen molar-refractivity contribution in [3.05, 3.63) is 48.6 Å². The number of allylic oxidation sites excluding steroid dienone is 7. The number of hydrogen-bond acceptors (Lipinski definition) is 4. The van der Waals surface area contributed by atoms with Gasteiger partial charge in [-0.3, -0.25) is 4.79 Å². The van der Waals surface area contributed by atoms with Gasteiger partial charge < -0.3 is 20.6 Å². The van der Waals surface area contributed by atoms with Crippen LogP contribution in [0.3, 0.4) is 0 Å². The fourth-order valence-corrected chi connectivity index (χ4v) is 4.29. The molecule has 0 spiro atoms. The van der Waals surface area contributed by atoms with E-state index in [1.54, 1.807) is 6.08 Å². The van der Waals surface area contributed by atoms with Gasteiger partial charge in [-0.1, -0.05) is 114 Å². The highest BCUT2D eigenvalue weighted by Gasteiger charge is 2.19. The molecule has 0 aromatic rings. The van der Waals surface area contributed by atoms with Crippen LogP contribution in [0.2, 0.25) is 0 Å². The normalized spacial score (nSPS) is 14.7. The molecule has 0 aliphatic heterocycles. The van der Waals surface area contributed by atoms with E-state index >= 15 is 0 Å². The molecule has 4 N–H and O–H groups in total. The maximum absolute atomic E-state index is 12.2. The molecular formula is C34H61NO4. The fourth-order valence-electron chi connectivity index (χ4n) is 4.29. The molecule has 226 valence electrons. The van der Waals surface area contributed by atoms with Gasteiger partial charge in [0.2, 0.25) is 5.91 Å². The topological polar surface area (TPSA) is 89.8 Å². The molecule has 0 aliphatic carbocycles. The van der Waals surface area contributed by atoms with E-state index in [0.29, 0.717) is 6.42 Å². The summed E-state index contributed by atoms with van der Waals surface area (Å²) in [5.74, 6) is -0.350. The molecule has 39 heavy (non-hydrogen) atoms. The molecule has 0 saturated heterocycles. The van der Waals surface area contributed by atoms with Gasteiger partial charge in [-0.15, -0.1) is 0 Å². The van der Waals surface area contributed by atoms with Gasteiger partial charge in [0.15, 0.2) is 0 Å². The number of carbonyl (C=O) groups excluding carboxylic acids is 1. The van der Waals surface area contributed by atoms with Crippen LogP contribution in [0.5, 0.6) is 0 Å². The van der Waals surface area contributed by atoms with Crippen molar-refractivity contribution in [2.75, 3.05) is 6.61 Å². The summed E-state index contributed by atoms with van der Waals surface area (Å²) < 4.78 is 0. The molecule has 0 aliphatic rings.